The lowest BCUT2D eigenvalue weighted by atomic mass is 10.2. The molecule has 0 atom stereocenters. The van der Waals surface area contributed by atoms with Crippen molar-refractivity contribution < 1.29 is 9.59 Å². The Morgan fingerprint density at radius 2 is 2.16 bits per heavy atom. The van der Waals surface area contributed by atoms with Crippen LogP contribution in [0.2, 0.25) is 0 Å². The topological polar surface area (TPSA) is 107 Å². The highest BCUT2D eigenvalue weighted by molar-refractivity contribution is 9.10. The zero-order valence-electron chi connectivity index (χ0n) is 9.59. The van der Waals surface area contributed by atoms with Gasteiger partial charge in [-0.2, -0.15) is 0 Å². The highest BCUT2D eigenvalue weighted by atomic mass is 79.9. The summed E-state index contributed by atoms with van der Waals surface area (Å²) in [4.78, 5) is 38.1. The monoisotopic (exact) mass is 324 g/mol. The van der Waals surface area contributed by atoms with E-state index in [4.69, 9.17) is 5.73 Å². The minimum Gasteiger partial charge on any atom is -0.351 e. The molecule has 0 radical (unpaired) electrons. The van der Waals surface area contributed by atoms with Crippen molar-refractivity contribution in [1.82, 2.24) is 14.9 Å². The fourth-order valence-corrected chi connectivity index (χ4v) is 2.07. The molecule has 1 aromatic heterocycles. The van der Waals surface area contributed by atoms with Gasteiger partial charge in [-0.25, -0.2) is 9.78 Å². The van der Waals surface area contributed by atoms with E-state index in [-0.39, 0.29) is 12.1 Å². The van der Waals surface area contributed by atoms with E-state index in [1.165, 1.54) is 6.33 Å². The maximum atomic E-state index is 12.1. The summed E-state index contributed by atoms with van der Waals surface area (Å²) in [5.41, 5.74) is 4.96. The number of rotatable bonds is 2. The standard InChI is InChI=1S/C11H9BrN4O3/c12-7-3-1-2-6-9(7)14-5-16(10(6)18)4-8(17)15-11(13)19/h1-3,5H,4H2,(H3,13,15,17,19). The van der Waals surface area contributed by atoms with Gasteiger partial charge >= 0.3 is 6.03 Å². The second-order valence-electron chi connectivity index (χ2n) is 3.73. The molecule has 0 bridgehead atoms. The van der Waals surface area contributed by atoms with Gasteiger partial charge in [0.2, 0.25) is 5.91 Å². The Kier molecular flexibility index (Phi) is 3.61. The lowest BCUT2D eigenvalue weighted by Crippen LogP contribution is -2.39. The number of fused-ring (bicyclic) bond motifs is 1. The van der Waals surface area contributed by atoms with Gasteiger partial charge in [-0.3, -0.25) is 19.5 Å². The molecule has 1 heterocycles. The predicted molar refractivity (Wildman–Crippen MR) is 71.4 cm³/mol. The van der Waals surface area contributed by atoms with E-state index >= 15 is 0 Å². The van der Waals surface area contributed by atoms with Crippen LogP contribution in [-0.4, -0.2) is 21.5 Å². The third-order valence-electron chi connectivity index (χ3n) is 2.38. The van der Waals surface area contributed by atoms with Gasteiger partial charge in [-0.15, -0.1) is 0 Å². The van der Waals surface area contributed by atoms with E-state index in [0.717, 1.165) is 4.57 Å². The van der Waals surface area contributed by atoms with Crippen LogP contribution in [0.15, 0.2) is 33.8 Å². The molecule has 0 fully saturated rings. The number of imide groups is 1. The molecule has 8 heteroatoms. The Balaban J connectivity index is 2.41. The van der Waals surface area contributed by atoms with Crippen LogP contribution < -0.4 is 16.6 Å². The summed E-state index contributed by atoms with van der Waals surface area (Å²) in [6, 6.07) is 4.11. The van der Waals surface area contributed by atoms with Gasteiger partial charge in [0.05, 0.1) is 17.2 Å². The molecule has 1 aromatic carbocycles. The average molecular weight is 325 g/mol. The summed E-state index contributed by atoms with van der Waals surface area (Å²) in [7, 11) is 0. The van der Waals surface area contributed by atoms with Crippen LogP contribution in [0, 0.1) is 0 Å². The number of carbonyl (C=O) groups is 2. The molecule has 0 aliphatic rings. The molecule has 2 aromatic rings. The number of primary amides is 1. The minimum atomic E-state index is -0.963. The maximum Gasteiger partial charge on any atom is 0.318 e. The number of halogens is 1. The molecule has 19 heavy (non-hydrogen) atoms. The van der Waals surface area contributed by atoms with Crippen LogP contribution >= 0.6 is 15.9 Å². The normalized spacial score (nSPS) is 10.4. The Morgan fingerprint density at radius 3 is 2.84 bits per heavy atom. The summed E-state index contributed by atoms with van der Waals surface area (Å²) in [5, 5.41) is 2.26. The van der Waals surface area contributed by atoms with E-state index in [9.17, 15) is 14.4 Å². The Hall–Kier alpha value is -2.22. The summed E-state index contributed by atoms with van der Waals surface area (Å²) < 4.78 is 1.79. The fourth-order valence-electron chi connectivity index (χ4n) is 1.60. The van der Waals surface area contributed by atoms with E-state index < -0.39 is 11.9 Å². The summed E-state index contributed by atoms with van der Waals surface area (Å²) in [6.45, 7) is -0.322. The van der Waals surface area contributed by atoms with Gasteiger partial charge in [0.25, 0.3) is 5.56 Å². The van der Waals surface area contributed by atoms with Crippen molar-refractivity contribution in [3.05, 3.63) is 39.4 Å². The molecule has 2 rings (SSSR count). The second kappa shape index (κ2) is 5.19. The summed E-state index contributed by atoms with van der Waals surface area (Å²) in [5.74, 6) is -0.675. The number of para-hydroxylation sites is 1. The zero-order valence-corrected chi connectivity index (χ0v) is 11.2. The van der Waals surface area contributed by atoms with Gasteiger partial charge in [0.1, 0.15) is 6.54 Å². The van der Waals surface area contributed by atoms with E-state index in [1.54, 1.807) is 18.2 Å². The fraction of sp³-hybridized carbons (Fsp3) is 0.0909. The largest absolute Gasteiger partial charge is 0.351 e. The van der Waals surface area contributed by atoms with Crippen molar-refractivity contribution in [3.8, 4) is 0 Å². The number of nitrogens with two attached hydrogens (primary N) is 1. The molecule has 0 aliphatic carbocycles. The van der Waals surface area contributed by atoms with Gasteiger partial charge in [0.15, 0.2) is 0 Å². The summed E-state index contributed by atoms with van der Waals surface area (Å²) in [6.07, 6.45) is 1.25. The molecule has 0 spiro atoms. The lowest BCUT2D eigenvalue weighted by Gasteiger charge is -2.06. The SMILES string of the molecule is NC(=O)NC(=O)Cn1cnc2c(Br)cccc2c1=O. The van der Waals surface area contributed by atoms with Crippen molar-refractivity contribution in [3.63, 3.8) is 0 Å². The van der Waals surface area contributed by atoms with E-state index in [1.807, 2.05) is 5.32 Å². The number of urea groups is 1. The van der Waals surface area contributed by atoms with Gasteiger partial charge in [-0.1, -0.05) is 6.07 Å². The van der Waals surface area contributed by atoms with Crippen molar-refractivity contribution in [2.75, 3.05) is 0 Å². The van der Waals surface area contributed by atoms with E-state index in [0.29, 0.717) is 15.4 Å². The number of nitrogens with one attached hydrogen (secondary N) is 1. The van der Waals surface area contributed by atoms with Crippen LogP contribution in [0.25, 0.3) is 10.9 Å². The first kappa shape index (κ1) is 13.2. The summed E-state index contributed by atoms with van der Waals surface area (Å²) >= 11 is 3.29. The molecule has 0 saturated heterocycles. The van der Waals surface area contributed by atoms with Crippen LogP contribution in [-0.2, 0) is 11.3 Å². The lowest BCUT2D eigenvalue weighted by molar-refractivity contribution is -0.120. The number of aromatic nitrogens is 2. The van der Waals surface area contributed by atoms with Gasteiger partial charge < -0.3 is 5.73 Å². The highest BCUT2D eigenvalue weighted by Crippen LogP contribution is 2.18. The van der Waals surface area contributed by atoms with E-state index in [2.05, 4.69) is 20.9 Å². The van der Waals surface area contributed by atoms with Crippen molar-refractivity contribution in [2.24, 2.45) is 5.73 Å². The third kappa shape index (κ3) is 2.79. The van der Waals surface area contributed by atoms with Crippen molar-refractivity contribution >= 4 is 38.8 Å². The Morgan fingerprint density at radius 1 is 1.42 bits per heavy atom. The first-order chi connectivity index (χ1) is 8.99. The third-order valence-corrected chi connectivity index (χ3v) is 3.02. The smallest absolute Gasteiger partial charge is 0.318 e. The van der Waals surface area contributed by atoms with Crippen LogP contribution in [0.3, 0.4) is 0 Å². The van der Waals surface area contributed by atoms with Crippen LogP contribution in [0.4, 0.5) is 4.79 Å². The van der Waals surface area contributed by atoms with Gasteiger partial charge in [0, 0.05) is 4.47 Å². The minimum absolute atomic E-state index is 0.322. The van der Waals surface area contributed by atoms with Crippen LogP contribution in [0.5, 0.6) is 0 Å². The average Bonchev–Trinajstić information content (AvgIpc) is 2.32. The molecular formula is C11H9BrN4O3. The molecular weight excluding hydrogens is 316 g/mol. The van der Waals surface area contributed by atoms with Crippen LogP contribution in [0.1, 0.15) is 0 Å². The maximum absolute atomic E-state index is 12.1. The zero-order chi connectivity index (χ0) is 14.0. The molecule has 0 unspecified atom stereocenters. The first-order valence-corrected chi connectivity index (χ1v) is 6.01. The number of hydrogen-bond acceptors (Lipinski definition) is 4. The second-order valence-corrected chi connectivity index (χ2v) is 4.58. The number of amides is 3. The number of nitrogens with zero attached hydrogens (tertiary/aromatic N) is 2. The van der Waals surface area contributed by atoms with Gasteiger partial charge in [-0.05, 0) is 28.1 Å². The molecule has 3 amide bonds. The number of hydrogen-bond donors (Lipinski definition) is 2. The predicted octanol–water partition coefficient (Wildman–Crippen LogP) is 0.354. The molecule has 7 nitrogen and oxygen atoms in total. The first-order valence-electron chi connectivity index (χ1n) is 5.22. The van der Waals surface area contributed by atoms with Crippen molar-refractivity contribution in [2.45, 2.75) is 6.54 Å². The Labute approximate surface area is 115 Å². The highest BCUT2D eigenvalue weighted by Gasteiger charge is 2.10. The number of carbonyl (C=O) groups excluding carboxylic acids is 2. The van der Waals surface area contributed by atoms with Crippen molar-refractivity contribution in [1.29, 1.82) is 0 Å². The quantitative estimate of drug-likeness (QED) is 0.831. The molecule has 0 aliphatic heterocycles. The number of benzene rings is 1. The molecule has 3 N–H and O–H groups in total. The molecule has 0 saturated carbocycles. The Bertz CT molecular complexity index is 725. The molecule has 98 valence electrons.